The van der Waals surface area contributed by atoms with E-state index in [1.54, 1.807) is 23.1 Å². The average molecular weight is 318 g/mol. The van der Waals surface area contributed by atoms with E-state index in [0.29, 0.717) is 16.6 Å². The van der Waals surface area contributed by atoms with Crippen molar-refractivity contribution >= 4 is 29.1 Å². The van der Waals surface area contributed by atoms with Crippen LogP contribution in [0.2, 0.25) is 10.0 Å². The van der Waals surface area contributed by atoms with Gasteiger partial charge in [0.25, 0.3) is 0 Å². The molecule has 0 unspecified atom stereocenters. The van der Waals surface area contributed by atoms with Crippen molar-refractivity contribution in [3.05, 3.63) is 33.8 Å². The lowest BCUT2D eigenvalue weighted by atomic mass is 10.1. The van der Waals surface area contributed by atoms with Crippen molar-refractivity contribution < 1.29 is 9.90 Å². The number of benzene rings is 1. The minimum absolute atomic E-state index is 0.0167. The molecule has 1 N–H and O–H groups in total. The molecule has 0 heterocycles. The number of aliphatic hydroxyl groups is 1. The molecule has 0 aliphatic carbocycles. The van der Waals surface area contributed by atoms with Gasteiger partial charge in [-0.05, 0) is 30.5 Å². The molecule has 0 bridgehead atoms. The van der Waals surface area contributed by atoms with E-state index in [0.717, 1.165) is 18.4 Å². The number of carbonyl (C=O) groups excluding carboxylic acids is 1. The smallest absolute Gasteiger partial charge is 0.227 e. The van der Waals surface area contributed by atoms with Gasteiger partial charge in [0, 0.05) is 22.6 Å². The summed E-state index contributed by atoms with van der Waals surface area (Å²) in [4.78, 5) is 14.2. The van der Waals surface area contributed by atoms with Gasteiger partial charge < -0.3 is 10.0 Å². The van der Waals surface area contributed by atoms with Gasteiger partial charge in [0.2, 0.25) is 5.91 Å². The molecule has 3 nitrogen and oxygen atoms in total. The Morgan fingerprint density at radius 3 is 2.45 bits per heavy atom. The molecule has 1 aromatic rings. The first kappa shape index (κ1) is 17.3. The number of carbonyl (C=O) groups is 1. The van der Waals surface area contributed by atoms with Crippen LogP contribution in [-0.2, 0) is 11.2 Å². The molecule has 0 aliphatic heterocycles. The van der Waals surface area contributed by atoms with Gasteiger partial charge in [-0.2, -0.15) is 0 Å². The first-order chi connectivity index (χ1) is 9.53. The molecular weight excluding hydrogens is 297 g/mol. The Morgan fingerprint density at radius 2 is 1.95 bits per heavy atom. The largest absolute Gasteiger partial charge is 0.395 e. The Morgan fingerprint density at radius 1 is 1.30 bits per heavy atom. The summed E-state index contributed by atoms with van der Waals surface area (Å²) in [5, 5.41) is 10.2. The third-order valence-electron chi connectivity index (χ3n) is 3.40. The summed E-state index contributed by atoms with van der Waals surface area (Å²) in [6, 6.07) is 5.29. The summed E-state index contributed by atoms with van der Waals surface area (Å²) in [6.07, 6.45) is 1.97. The lowest BCUT2D eigenvalue weighted by Crippen LogP contribution is -2.42. The number of rotatable bonds is 7. The minimum Gasteiger partial charge on any atom is -0.395 e. The van der Waals surface area contributed by atoms with Crippen LogP contribution in [0.25, 0.3) is 0 Å². The molecule has 0 fully saturated rings. The highest BCUT2D eigenvalue weighted by Crippen LogP contribution is 2.22. The fraction of sp³-hybridized carbons (Fsp3) is 0.533. The summed E-state index contributed by atoms with van der Waals surface area (Å²) in [7, 11) is 0. The van der Waals surface area contributed by atoms with E-state index in [1.165, 1.54) is 0 Å². The average Bonchev–Trinajstić information content (AvgIpc) is 2.42. The van der Waals surface area contributed by atoms with Crippen molar-refractivity contribution in [2.24, 2.45) is 0 Å². The van der Waals surface area contributed by atoms with E-state index in [4.69, 9.17) is 28.3 Å². The topological polar surface area (TPSA) is 40.5 Å². The molecule has 0 aliphatic rings. The van der Waals surface area contributed by atoms with Gasteiger partial charge in [-0.3, -0.25) is 4.79 Å². The maximum atomic E-state index is 12.4. The van der Waals surface area contributed by atoms with E-state index in [-0.39, 0.29) is 25.0 Å². The molecule has 1 amide bonds. The van der Waals surface area contributed by atoms with Gasteiger partial charge in [-0.15, -0.1) is 0 Å². The molecule has 0 saturated heterocycles. The molecule has 20 heavy (non-hydrogen) atoms. The van der Waals surface area contributed by atoms with Crippen LogP contribution in [0.3, 0.4) is 0 Å². The Bertz CT molecular complexity index is 447. The quantitative estimate of drug-likeness (QED) is 0.835. The number of hydrogen-bond acceptors (Lipinski definition) is 2. The third kappa shape index (κ3) is 4.65. The lowest BCUT2D eigenvalue weighted by molar-refractivity contribution is -0.133. The van der Waals surface area contributed by atoms with E-state index in [2.05, 4.69) is 0 Å². The van der Waals surface area contributed by atoms with Crippen LogP contribution in [0.5, 0.6) is 0 Å². The molecule has 0 aromatic heterocycles. The van der Waals surface area contributed by atoms with E-state index in [1.807, 2.05) is 13.8 Å². The first-order valence-corrected chi connectivity index (χ1v) is 7.63. The highest BCUT2D eigenvalue weighted by Gasteiger charge is 2.21. The molecule has 0 atom stereocenters. The number of amides is 1. The van der Waals surface area contributed by atoms with E-state index in [9.17, 15) is 4.79 Å². The van der Waals surface area contributed by atoms with Gasteiger partial charge in [0.05, 0.1) is 13.0 Å². The standard InChI is InChI=1S/C15H21Cl2NO2/c1-3-13(4-2)18(7-8-19)15(20)9-11-5-6-12(16)10-14(11)17/h5-6,10,13,19H,3-4,7-9H2,1-2H3. The Balaban J connectivity index is 2.84. The zero-order valence-corrected chi connectivity index (χ0v) is 13.4. The minimum atomic E-state index is -0.0312. The van der Waals surface area contributed by atoms with Crippen LogP contribution in [0.15, 0.2) is 18.2 Å². The van der Waals surface area contributed by atoms with Crippen molar-refractivity contribution in [1.29, 1.82) is 0 Å². The van der Waals surface area contributed by atoms with Gasteiger partial charge in [0.1, 0.15) is 0 Å². The second kappa shape index (κ2) is 8.50. The summed E-state index contributed by atoms with van der Waals surface area (Å²) >= 11 is 11.9. The number of aliphatic hydroxyl groups excluding tert-OH is 1. The van der Waals surface area contributed by atoms with Gasteiger partial charge in [-0.25, -0.2) is 0 Å². The maximum absolute atomic E-state index is 12.4. The van der Waals surface area contributed by atoms with Crippen molar-refractivity contribution in [2.45, 2.75) is 39.2 Å². The highest BCUT2D eigenvalue weighted by atomic mass is 35.5. The fourth-order valence-electron chi connectivity index (χ4n) is 2.28. The zero-order chi connectivity index (χ0) is 15.1. The second-order valence-corrected chi connectivity index (χ2v) is 5.54. The maximum Gasteiger partial charge on any atom is 0.227 e. The summed E-state index contributed by atoms with van der Waals surface area (Å²) in [5.74, 6) is -0.0167. The lowest BCUT2D eigenvalue weighted by Gasteiger charge is -2.30. The normalized spacial score (nSPS) is 10.9. The zero-order valence-electron chi connectivity index (χ0n) is 11.9. The highest BCUT2D eigenvalue weighted by molar-refractivity contribution is 6.35. The van der Waals surface area contributed by atoms with Crippen LogP contribution in [-0.4, -0.2) is 35.1 Å². The summed E-state index contributed by atoms with van der Waals surface area (Å²) in [6.45, 7) is 4.41. The van der Waals surface area contributed by atoms with E-state index >= 15 is 0 Å². The molecule has 0 spiro atoms. The van der Waals surface area contributed by atoms with Crippen molar-refractivity contribution in [2.75, 3.05) is 13.2 Å². The van der Waals surface area contributed by atoms with Crippen LogP contribution >= 0.6 is 23.2 Å². The Labute approximate surface area is 130 Å². The number of halogens is 2. The first-order valence-electron chi connectivity index (χ1n) is 6.87. The fourth-order valence-corrected chi connectivity index (χ4v) is 2.75. The van der Waals surface area contributed by atoms with Crippen molar-refractivity contribution in [3.63, 3.8) is 0 Å². The molecule has 1 rings (SSSR count). The molecule has 0 radical (unpaired) electrons. The summed E-state index contributed by atoms with van der Waals surface area (Å²) in [5.41, 5.74) is 0.759. The Kier molecular flexibility index (Phi) is 7.35. The van der Waals surface area contributed by atoms with Gasteiger partial charge in [0.15, 0.2) is 0 Å². The van der Waals surface area contributed by atoms with Crippen LogP contribution in [0.4, 0.5) is 0 Å². The van der Waals surface area contributed by atoms with Crippen LogP contribution in [0.1, 0.15) is 32.3 Å². The van der Waals surface area contributed by atoms with Crippen LogP contribution in [0, 0.1) is 0 Å². The predicted octanol–water partition coefficient (Wildman–Crippen LogP) is 3.55. The van der Waals surface area contributed by atoms with Crippen LogP contribution < -0.4 is 0 Å². The van der Waals surface area contributed by atoms with Gasteiger partial charge >= 0.3 is 0 Å². The molecule has 112 valence electrons. The number of hydrogen-bond donors (Lipinski definition) is 1. The molecular formula is C15H21Cl2NO2. The van der Waals surface area contributed by atoms with Crippen molar-refractivity contribution in [1.82, 2.24) is 4.90 Å². The molecule has 0 saturated carbocycles. The summed E-state index contributed by atoms with van der Waals surface area (Å²) < 4.78 is 0. The van der Waals surface area contributed by atoms with Crippen molar-refractivity contribution in [3.8, 4) is 0 Å². The van der Waals surface area contributed by atoms with Gasteiger partial charge in [-0.1, -0.05) is 43.1 Å². The third-order valence-corrected chi connectivity index (χ3v) is 3.99. The molecule has 1 aromatic carbocycles. The molecule has 5 heteroatoms. The predicted molar refractivity (Wildman–Crippen MR) is 83.3 cm³/mol. The number of nitrogens with zero attached hydrogens (tertiary/aromatic N) is 1. The van der Waals surface area contributed by atoms with E-state index < -0.39 is 0 Å². The SMILES string of the molecule is CCC(CC)N(CCO)C(=O)Cc1ccc(Cl)cc1Cl. The Hall–Kier alpha value is -0.770. The second-order valence-electron chi connectivity index (χ2n) is 4.69. The monoisotopic (exact) mass is 317 g/mol.